The SMILES string of the molecule is C/C1=C/CN(S(=O)(=O)c2ccc(C)cc2)CCc2ccc(cc2C(=O)c2ccccc2)[C@H](O[Si](C)(C)C(C)(C)C)CCC1. The number of carbonyl (C=O) groups excluding carboxylic acids is 1. The van der Waals surface area contributed by atoms with Crippen LogP contribution in [0.4, 0.5) is 0 Å². The van der Waals surface area contributed by atoms with Gasteiger partial charge in [-0.2, -0.15) is 4.31 Å². The fraction of sp³-hybridized carbons (Fsp3) is 0.417. The normalized spacial score (nSPS) is 19.0. The zero-order valence-corrected chi connectivity index (χ0v) is 28.6. The Morgan fingerprint density at radius 3 is 2.26 bits per heavy atom. The van der Waals surface area contributed by atoms with E-state index in [1.165, 1.54) is 5.57 Å². The van der Waals surface area contributed by atoms with E-state index in [0.717, 1.165) is 36.0 Å². The molecule has 7 heteroatoms. The number of nitrogens with zero attached hydrogens (tertiary/aromatic N) is 1. The second kappa shape index (κ2) is 13.4. The molecule has 43 heavy (non-hydrogen) atoms. The maximum Gasteiger partial charge on any atom is 0.243 e. The molecule has 2 heterocycles. The molecule has 0 radical (unpaired) electrons. The summed E-state index contributed by atoms with van der Waals surface area (Å²) in [5.41, 5.74) is 5.26. The van der Waals surface area contributed by atoms with Crippen LogP contribution in [-0.4, -0.2) is 39.9 Å². The van der Waals surface area contributed by atoms with E-state index < -0.39 is 18.3 Å². The topological polar surface area (TPSA) is 63.7 Å². The molecule has 2 bridgehead atoms. The Balaban J connectivity index is 1.79. The van der Waals surface area contributed by atoms with Gasteiger partial charge in [-0.3, -0.25) is 4.79 Å². The molecule has 0 unspecified atom stereocenters. The largest absolute Gasteiger partial charge is 0.410 e. The number of rotatable bonds is 6. The Bertz CT molecular complexity index is 1550. The quantitative estimate of drug-likeness (QED) is 0.158. The van der Waals surface area contributed by atoms with Crippen LogP contribution in [0.1, 0.15) is 85.7 Å². The molecule has 5 rings (SSSR count). The highest BCUT2D eigenvalue weighted by Crippen LogP contribution is 2.41. The Morgan fingerprint density at radius 1 is 0.930 bits per heavy atom. The van der Waals surface area contributed by atoms with E-state index in [-0.39, 0.29) is 34.9 Å². The number of benzene rings is 3. The average molecular weight is 618 g/mol. The van der Waals surface area contributed by atoms with E-state index in [4.69, 9.17) is 4.43 Å². The molecular weight excluding hydrogens is 571 g/mol. The summed E-state index contributed by atoms with van der Waals surface area (Å²) in [6.07, 6.45) is 4.91. The van der Waals surface area contributed by atoms with Gasteiger partial charge in [-0.05, 0) is 87.0 Å². The van der Waals surface area contributed by atoms with Gasteiger partial charge in [0.15, 0.2) is 14.1 Å². The van der Waals surface area contributed by atoms with Crippen molar-refractivity contribution in [3.63, 3.8) is 0 Å². The van der Waals surface area contributed by atoms with Gasteiger partial charge in [-0.15, -0.1) is 0 Å². The zero-order chi connectivity index (χ0) is 31.4. The van der Waals surface area contributed by atoms with Crippen LogP contribution in [0.25, 0.3) is 0 Å². The number of fused-ring (bicyclic) bond motifs is 10. The van der Waals surface area contributed by atoms with E-state index in [1.54, 1.807) is 16.4 Å². The molecule has 0 aliphatic carbocycles. The van der Waals surface area contributed by atoms with Crippen LogP contribution in [0.2, 0.25) is 18.1 Å². The minimum Gasteiger partial charge on any atom is -0.410 e. The van der Waals surface area contributed by atoms with Gasteiger partial charge in [0.1, 0.15) is 0 Å². The van der Waals surface area contributed by atoms with E-state index in [0.29, 0.717) is 17.5 Å². The van der Waals surface area contributed by atoms with Gasteiger partial charge in [0.05, 0.1) is 11.0 Å². The lowest BCUT2D eigenvalue weighted by Gasteiger charge is -2.39. The Hall–Kier alpha value is -2.84. The highest BCUT2D eigenvalue weighted by molar-refractivity contribution is 7.89. The second-order valence-corrected chi connectivity index (χ2v) is 20.0. The number of ketones is 1. The van der Waals surface area contributed by atoms with E-state index in [9.17, 15) is 13.2 Å². The fourth-order valence-electron chi connectivity index (χ4n) is 5.13. The predicted molar refractivity (Wildman–Crippen MR) is 179 cm³/mol. The van der Waals surface area contributed by atoms with Crippen molar-refractivity contribution >= 4 is 24.1 Å². The number of allylic oxidation sites excluding steroid dienone is 1. The first-order valence-electron chi connectivity index (χ1n) is 15.3. The molecule has 3 aromatic carbocycles. The lowest BCUT2D eigenvalue weighted by Crippen LogP contribution is -2.41. The smallest absolute Gasteiger partial charge is 0.243 e. The summed E-state index contributed by atoms with van der Waals surface area (Å²) in [4.78, 5) is 14.2. The first-order valence-corrected chi connectivity index (χ1v) is 19.7. The summed E-state index contributed by atoms with van der Waals surface area (Å²) < 4.78 is 36.2. The second-order valence-electron chi connectivity index (χ2n) is 13.3. The Morgan fingerprint density at radius 2 is 1.60 bits per heavy atom. The predicted octanol–water partition coefficient (Wildman–Crippen LogP) is 8.65. The molecule has 0 saturated carbocycles. The summed E-state index contributed by atoms with van der Waals surface area (Å²) in [5, 5.41) is 0.0525. The number of sulfonamides is 1. The van der Waals surface area contributed by atoms with Gasteiger partial charge in [0.25, 0.3) is 0 Å². The van der Waals surface area contributed by atoms with Gasteiger partial charge >= 0.3 is 0 Å². The molecule has 0 N–H and O–H groups in total. The minimum atomic E-state index is -3.73. The van der Waals surface area contributed by atoms with Crippen molar-refractivity contribution in [1.82, 2.24) is 4.31 Å². The van der Waals surface area contributed by atoms with Gasteiger partial charge < -0.3 is 4.43 Å². The van der Waals surface area contributed by atoms with E-state index in [2.05, 4.69) is 46.9 Å². The van der Waals surface area contributed by atoms with Crippen molar-refractivity contribution < 1.29 is 17.6 Å². The van der Waals surface area contributed by atoms with Gasteiger partial charge in [-0.25, -0.2) is 8.42 Å². The fourth-order valence-corrected chi connectivity index (χ4v) is 7.83. The molecule has 230 valence electrons. The monoisotopic (exact) mass is 617 g/mol. The molecule has 5 nitrogen and oxygen atoms in total. The van der Waals surface area contributed by atoms with Crippen molar-refractivity contribution in [2.45, 2.75) is 89.4 Å². The molecule has 2 aliphatic heterocycles. The van der Waals surface area contributed by atoms with Crippen molar-refractivity contribution in [3.8, 4) is 0 Å². The van der Waals surface area contributed by atoms with Crippen LogP contribution < -0.4 is 0 Å². The van der Waals surface area contributed by atoms with Crippen LogP contribution in [0.3, 0.4) is 0 Å². The van der Waals surface area contributed by atoms with Crippen molar-refractivity contribution in [1.29, 1.82) is 0 Å². The van der Waals surface area contributed by atoms with E-state index >= 15 is 0 Å². The van der Waals surface area contributed by atoms with Crippen LogP contribution in [0.15, 0.2) is 89.3 Å². The third kappa shape index (κ3) is 8.01. The number of hydrogen-bond donors (Lipinski definition) is 0. The molecular formula is C36H47NO4SSi. The number of hydrogen-bond acceptors (Lipinski definition) is 4. The third-order valence-corrected chi connectivity index (χ3v) is 15.4. The molecule has 3 aromatic rings. The zero-order valence-electron chi connectivity index (χ0n) is 26.8. The summed E-state index contributed by atoms with van der Waals surface area (Å²) >= 11 is 0. The molecule has 0 aromatic heterocycles. The average Bonchev–Trinajstić information content (AvgIpc) is 2.96. The molecule has 0 fully saturated rings. The van der Waals surface area contributed by atoms with Crippen molar-refractivity contribution in [2.24, 2.45) is 0 Å². The summed E-state index contributed by atoms with van der Waals surface area (Å²) in [5.74, 6) is -0.0562. The lowest BCUT2D eigenvalue weighted by molar-refractivity contribution is 0.103. The van der Waals surface area contributed by atoms with Crippen LogP contribution in [-0.2, 0) is 20.9 Å². The summed E-state index contributed by atoms with van der Waals surface area (Å²) in [6.45, 7) is 15.9. The highest BCUT2D eigenvalue weighted by atomic mass is 32.2. The molecule has 0 spiro atoms. The van der Waals surface area contributed by atoms with Gasteiger partial charge in [-0.1, -0.05) is 92.6 Å². The molecule has 1 atom stereocenters. The van der Waals surface area contributed by atoms with Gasteiger partial charge in [0, 0.05) is 24.2 Å². The Kier molecular flexibility index (Phi) is 10.3. The summed E-state index contributed by atoms with van der Waals surface area (Å²) in [7, 11) is -5.83. The molecule has 0 saturated heterocycles. The Labute approximate surface area is 260 Å². The maximum atomic E-state index is 13.9. The third-order valence-electron chi connectivity index (χ3n) is 9.00. The number of aryl methyl sites for hydroxylation is 1. The standard InChI is InChI=1S/C36H47NO4SSi/c1-27-12-11-15-34(41-43(6,7)36(3,4)5)31-19-18-29(33(26-31)35(38)30-13-9-8-10-14-30)23-25-37(24-22-27)42(39,40)32-20-16-28(2)17-21-32/h8-10,13-14,16-22,26,34H,11-12,15,23-25H2,1-7H3/b27-22-/t34-/m1/s1. The summed E-state index contributed by atoms with van der Waals surface area (Å²) in [6, 6.07) is 22.4. The van der Waals surface area contributed by atoms with Crippen LogP contribution in [0, 0.1) is 6.92 Å². The van der Waals surface area contributed by atoms with E-state index in [1.807, 2.05) is 67.6 Å². The minimum absolute atomic E-state index is 0.0525. The van der Waals surface area contributed by atoms with Crippen LogP contribution >= 0.6 is 0 Å². The lowest BCUT2D eigenvalue weighted by atomic mass is 9.92. The first kappa shape index (κ1) is 33.1. The molecule has 2 aliphatic rings. The van der Waals surface area contributed by atoms with Crippen LogP contribution in [0.5, 0.6) is 0 Å². The maximum absolute atomic E-state index is 13.9. The molecule has 0 amide bonds. The van der Waals surface area contributed by atoms with Crippen molar-refractivity contribution in [3.05, 3.63) is 112 Å². The highest BCUT2D eigenvalue weighted by Gasteiger charge is 2.39. The first-order chi connectivity index (χ1) is 20.2. The van der Waals surface area contributed by atoms with Gasteiger partial charge in [0.2, 0.25) is 10.0 Å². The van der Waals surface area contributed by atoms with Crippen molar-refractivity contribution in [2.75, 3.05) is 13.1 Å². The number of carbonyl (C=O) groups is 1.